The van der Waals surface area contributed by atoms with Gasteiger partial charge in [0.05, 0.1) is 4.90 Å². The molecule has 0 aliphatic rings. The maximum Gasteiger partial charge on any atom is 0.274 e. The van der Waals surface area contributed by atoms with Gasteiger partial charge in [0, 0.05) is 11.9 Å². The number of primary sulfonamides is 1. The molecule has 2 rings (SSSR count). The van der Waals surface area contributed by atoms with Crippen molar-refractivity contribution in [2.45, 2.75) is 11.8 Å². The van der Waals surface area contributed by atoms with Gasteiger partial charge in [-0.2, -0.15) is 0 Å². The van der Waals surface area contributed by atoms with E-state index in [9.17, 15) is 17.6 Å². The number of aromatic nitrogens is 1. The first kappa shape index (κ1) is 15.1. The maximum atomic E-state index is 13.4. The Hall–Kier alpha value is -2.32. The standard InChI is InChI=1S/C13H12FN3O3S/c1-8-3-2-4-16-12(8)13(18)17-10-5-9(14)6-11(7-10)21(15,19)20/h2-7H,1H3,(H,17,18)(H2,15,19,20). The average Bonchev–Trinajstić information content (AvgIpc) is 2.37. The summed E-state index contributed by atoms with van der Waals surface area (Å²) in [6, 6.07) is 6.22. The molecule has 0 saturated carbocycles. The molecule has 0 bridgehead atoms. The van der Waals surface area contributed by atoms with Gasteiger partial charge in [-0.1, -0.05) is 6.07 Å². The Morgan fingerprint density at radius 2 is 2.05 bits per heavy atom. The molecule has 0 aliphatic heterocycles. The summed E-state index contributed by atoms with van der Waals surface area (Å²) in [6.07, 6.45) is 1.45. The van der Waals surface area contributed by atoms with Gasteiger partial charge in [-0.25, -0.2) is 17.9 Å². The highest BCUT2D eigenvalue weighted by molar-refractivity contribution is 7.89. The van der Waals surface area contributed by atoms with Crippen LogP contribution in [0.4, 0.5) is 10.1 Å². The molecule has 0 fully saturated rings. The van der Waals surface area contributed by atoms with Gasteiger partial charge < -0.3 is 5.32 Å². The predicted molar refractivity (Wildman–Crippen MR) is 74.7 cm³/mol. The van der Waals surface area contributed by atoms with Crippen molar-refractivity contribution in [2.75, 3.05) is 5.32 Å². The number of aryl methyl sites for hydroxylation is 1. The van der Waals surface area contributed by atoms with Gasteiger partial charge in [0.2, 0.25) is 10.0 Å². The van der Waals surface area contributed by atoms with E-state index in [4.69, 9.17) is 5.14 Å². The van der Waals surface area contributed by atoms with E-state index in [1.54, 1.807) is 19.1 Å². The number of hydrogen-bond acceptors (Lipinski definition) is 4. The lowest BCUT2D eigenvalue weighted by Crippen LogP contribution is -2.17. The van der Waals surface area contributed by atoms with Crippen LogP contribution in [0.25, 0.3) is 0 Å². The topological polar surface area (TPSA) is 102 Å². The number of hydrogen-bond donors (Lipinski definition) is 2. The molecule has 110 valence electrons. The average molecular weight is 309 g/mol. The first-order chi connectivity index (χ1) is 9.77. The molecule has 0 spiro atoms. The highest BCUT2D eigenvalue weighted by Crippen LogP contribution is 2.18. The normalized spacial score (nSPS) is 11.2. The number of nitrogens with one attached hydrogen (secondary N) is 1. The summed E-state index contributed by atoms with van der Waals surface area (Å²) >= 11 is 0. The molecular formula is C13H12FN3O3S. The third-order valence-corrected chi connectivity index (χ3v) is 3.57. The zero-order valence-corrected chi connectivity index (χ0v) is 11.8. The van der Waals surface area contributed by atoms with Gasteiger partial charge in [0.25, 0.3) is 5.91 Å². The van der Waals surface area contributed by atoms with E-state index in [-0.39, 0.29) is 11.4 Å². The summed E-state index contributed by atoms with van der Waals surface area (Å²) < 4.78 is 35.9. The smallest absolute Gasteiger partial charge is 0.274 e. The Morgan fingerprint density at radius 3 is 2.67 bits per heavy atom. The molecule has 0 atom stereocenters. The second kappa shape index (κ2) is 5.58. The number of rotatable bonds is 3. The number of sulfonamides is 1. The third-order valence-electron chi connectivity index (χ3n) is 2.68. The fraction of sp³-hybridized carbons (Fsp3) is 0.0769. The van der Waals surface area contributed by atoms with Crippen molar-refractivity contribution < 1.29 is 17.6 Å². The van der Waals surface area contributed by atoms with Crippen molar-refractivity contribution in [1.82, 2.24) is 4.98 Å². The lowest BCUT2D eigenvalue weighted by Gasteiger charge is -2.08. The first-order valence-electron chi connectivity index (χ1n) is 5.84. The van der Waals surface area contributed by atoms with Crippen LogP contribution >= 0.6 is 0 Å². The van der Waals surface area contributed by atoms with Crippen molar-refractivity contribution in [2.24, 2.45) is 5.14 Å². The zero-order valence-electron chi connectivity index (χ0n) is 11.0. The first-order valence-corrected chi connectivity index (χ1v) is 7.38. The lowest BCUT2D eigenvalue weighted by atomic mass is 10.2. The number of benzene rings is 1. The molecule has 2 aromatic rings. The minimum Gasteiger partial charge on any atom is -0.320 e. The van der Waals surface area contributed by atoms with Crippen LogP contribution in [0.5, 0.6) is 0 Å². The Labute approximate surface area is 120 Å². The number of amides is 1. The van der Waals surface area contributed by atoms with Crippen LogP contribution in [-0.2, 0) is 10.0 Å². The molecule has 0 aliphatic carbocycles. The van der Waals surface area contributed by atoms with E-state index >= 15 is 0 Å². The fourth-order valence-electron chi connectivity index (χ4n) is 1.71. The van der Waals surface area contributed by atoms with Crippen LogP contribution in [0.2, 0.25) is 0 Å². The maximum absolute atomic E-state index is 13.4. The number of nitrogens with two attached hydrogens (primary N) is 1. The fourth-order valence-corrected chi connectivity index (χ4v) is 2.28. The van der Waals surface area contributed by atoms with Crippen LogP contribution in [0.3, 0.4) is 0 Å². The number of pyridine rings is 1. The lowest BCUT2D eigenvalue weighted by molar-refractivity contribution is 0.102. The Morgan fingerprint density at radius 1 is 1.33 bits per heavy atom. The molecule has 1 amide bonds. The van der Waals surface area contributed by atoms with E-state index in [0.29, 0.717) is 5.56 Å². The van der Waals surface area contributed by atoms with Gasteiger partial charge in [0.1, 0.15) is 11.5 Å². The van der Waals surface area contributed by atoms with Crippen LogP contribution in [-0.4, -0.2) is 19.3 Å². The van der Waals surface area contributed by atoms with Crippen LogP contribution in [0, 0.1) is 12.7 Å². The monoisotopic (exact) mass is 309 g/mol. The molecular weight excluding hydrogens is 297 g/mol. The molecule has 8 heteroatoms. The molecule has 0 radical (unpaired) electrons. The summed E-state index contributed by atoms with van der Waals surface area (Å²) in [4.78, 5) is 15.5. The number of nitrogens with zero attached hydrogens (tertiary/aromatic N) is 1. The van der Waals surface area contributed by atoms with E-state index in [2.05, 4.69) is 10.3 Å². The SMILES string of the molecule is Cc1cccnc1C(=O)Nc1cc(F)cc(S(N)(=O)=O)c1. The van der Waals surface area contributed by atoms with Crippen molar-refractivity contribution in [3.63, 3.8) is 0 Å². The van der Waals surface area contributed by atoms with Crippen LogP contribution in [0.15, 0.2) is 41.4 Å². The molecule has 21 heavy (non-hydrogen) atoms. The van der Waals surface area contributed by atoms with Crippen molar-refractivity contribution >= 4 is 21.6 Å². The highest BCUT2D eigenvalue weighted by Gasteiger charge is 2.14. The third kappa shape index (κ3) is 3.61. The molecule has 0 unspecified atom stereocenters. The van der Waals surface area contributed by atoms with E-state index in [0.717, 1.165) is 18.2 Å². The van der Waals surface area contributed by atoms with Crippen molar-refractivity contribution in [3.05, 3.63) is 53.6 Å². The van der Waals surface area contributed by atoms with E-state index in [1.807, 2.05) is 0 Å². The van der Waals surface area contributed by atoms with Gasteiger partial charge in [-0.3, -0.25) is 9.78 Å². The molecule has 1 aromatic heterocycles. The van der Waals surface area contributed by atoms with Gasteiger partial charge in [-0.15, -0.1) is 0 Å². The molecule has 1 aromatic carbocycles. The Balaban J connectivity index is 2.34. The second-order valence-corrected chi connectivity index (χ2v) is 5.91. The number of carbonyl (C=O) groups is 1. The van der Waals surface area contributed by atoms with E-state index in [1.165, 1.54) is 6.20 Å². The van der Waals surface area contributed by atoms with E-state index < -0.39 is 26.6 Å². The van der Waals surface area contributed by atoms with Gasteiger partial charge in [0.15, 0.2) is 0 Å². The quantitative estimate of drug-likeness (QED) is 0.895. The minimum absolute atomic E-state index is 0.0194. The molecule has 0 saturated heterocycles. The van der Waals surface area contributed by atoms with Crippen molar-refractivity contribution in [3.8, 4) is 0 Å². The second-order valence-electron chi connectivity index (χ2n) is 4.34. The predicted octanol–water partition coefficient (Wildman–Crippen LogP) is 1.43. The van der Waals surface area contributed by atoms with Crippen LogP contribution in [0.1, 0.15) is 16.1 Å². The van der Waals surface area contributed by atoms with Gasteiger partial charge >= 0.3 is 0 Å². The number of carbonyl (C=O) groups excluding carboxylic acids is 1. The Bertz CT molecular complexity index is 806. The largest absolute Gasteiger partial charge is 0.320 e. The number of halogens is 1. The van der Waals surface area contributed by atoms with Gasteiger partial charge in [-0.05, 0) is 36.8 Å². The highest BCUT2D eigenvalue weighted by atomic mass is 32.2. The molecule has 1 heterocycles. The summed E-state index contributed by atoms with van der Waals surface area (Å²) in [7, 11) is -4.06. The minimum atomic E-state index is -4.06. The summed E-state index contributed by atoms with van der Waals surface area (Å²) in [5.74, 6) is -1.39. The van der Waals surface area contributed by atoms with Crippen LogP contribution < -0.4 is 10.5 Å². The summed E-state index contributed by atoms with van der Waals surface area (Å²) in [5.41, 5.74) is 0.783. The summed E-state index contributed by atoms with van der Waals surface area (Å²) in [6.45, 7) is 1.70. The zero-order chi connectivity index (χ0) is 15.6. The summed E-state index contributed by atoms with van der Waals surface area (Å²) in [5, 5.41) is 7.33. The molecule has 6 nitrogen and oxygen atoms in total. The molecule has 3 N–H and O–H groups in total. The number of anilines is 1. The Kier molecular flexibility index (Phi) is 4.01. The van der Waals surface area contributed by atoms with Crippen molar-refractivity contribution in [1.29, 1.82) is 0 Å².